The maximum absolute atomic E-state index is 13.4. The zero-order chi connectivity index (χ0) is 11.4. The standard InChI is InChI=1S/C10H12ClF2NO/c1-2-15-10-6(3-4-14)9(13)8(12)5-7(10)11/h5H,2-4,14H2,1H3. The molecule has 0 heterocycles. The molecule has 0 aromatic heterocycles. The number of hydrogen-bond acceptors (Lipinski definition) is 2. The van der Waals surface area contributed by atoms with Gasteiger partial charge in [0.05, 0.1) is 11.6 Å². The lowest BCUT2D eigenvalue weighted by molar-refractivity contribution is 0.331. The van der Waals surface area contributed by atoms with Crippen molar-refractivity contribution >= 4 is 11.6 Å². The van der Waals surface area contributed by atoms with Gasteiger partial charge in [0.15, 0.2) is 11.6 Å². The fraction of sp³-hybridized carbons (Fsp3) is 0.400. The minimum Gasteiger partial charge on any atom is -0.492 e. The third-order valence-corrected chi connectivity index (χ3v) is 2.18. The molecule has 0 saturated heterocycles. The predicted molar refractivity (Wildman–Crippen MR) is 55.3 cm³/mol. The minimum atomic E-state index is -0.980. The van der Waals surface area contributed by atoms with Gasteiger partial charge in [-0.2, -0.15) is 0 Å². The molecule has 1 rings (SSSR count). The summed E-state index contributed by atoms with van der Waals surface area (Å²) in [6.07, 6.45) is 0.193. The van der Waals surface area contributed by atoms with Gasteiger partial charge in [-0.3, -0.25) is 0 Å². The number of rotatable bonds is 4. The highest BCUT2D eigenvalue weighted by Gasteiger charge is 2.17. The molecule has 1 aromatic carbocycles. The smallest absolute Gasteiger partial charge is 0.165 e. The van der Waals surface area contributed by atoms with E-state index in [1.807, 2.05) is 0 Å². The first-order valence-electron chi connectivity index (χ1n) is 4.61. The van der Waals surface area contributed by atoms with Crippen molar-refractivity contribution in [1.29, 1.82) is 0 Å². The van der Waals surface area contributed by atoms with Gasteiger partial charge in [-0.05, 0) is 26.0 Å². The molecule has 0 saturated carbocycles. The van der Waals surface area contributed by atoms with Crippen LogP contribution in [0.1, 0.15) is 12.5 Å². The molecule has 0 atom stereocenters. The summed E-state index contributed by atoms with van der Waals surface area (Å²) in [5.41, 5.74) is 5.41. The number of ether oxygens (including phenoxy) is 1. The van der Waals surface area contributed by atoms with E-state index >= 15 is 0 Å². The first-order chi connectivity index (χ1) is 7.11. The van der Waals surface area contributed by atoms with Crippen LogP contribution in [0.4, 0.5) is 8.78 Å². The Hall–Kier alpha value is -0.870. The van der Waals surface area contributed by atoms with Crippen molar-refractivity contribution in [2.24, 2.45) is 5.73 Å². The maximum atomic E-state index is 13.4. The number of benzene rings is 1. The topological polar surface area (TPSA) is 35.2 Å². The van der Waals surface area contributed by atoms with Crippen LogP contribution in [0.15, 0.2) is 6.07 Å². The third kappa shape index (κ3) is 2.58. The van der Waals surface area contributed by atoms with Crippen LogP contribution >= 0.6 is 11.6 Å². The fourth-order valence-electron chi connectivity index (χ4n) is 1.30. The van der Waals surface area contributed by atoms with E-state index in [0.717, 1.165) is 6.07 Å². The van der Waals surface area contributed by atoms with Crippen LogP contribution in [0, 0.1) is 11.6 Å². The molecule has 84 valence electrons. The second-order valence-corrected chi connectivity index (χ2v) is 3.34. The van der Waals surface area contributed by atoms with Gasteiger partial charge in [0, 0.05) is 5.56 Å². The van der Waals surface area contributed by atoms with Crippen molar-refractivity contribution in [1.82, 2.24) is 0 Å². The summed E-state index contributed by atoms with van der Waals surface area (Å²) in [5, 5.41) is 0.0687. The number of halogens is 3. The normalized spacial score (nSPS) is 10.5. The van der Waals surface area contributed by atoms with E-state index in [4.69, 9.17) is 22.1 Å². The Morgan fingerprint density at radius 2 is 2.13 bits per heavy atom. The highest BCUT2D eigenvalue weighted by Crippen LogP contribution is 2.32. The number of hydrogen-bond donors (Lipinski definition) is 1. The van der Waals surface area contributed by atoms with E-state index < -0.39 is 11.6 Å². The lowest BCUT2D eigenvalue weighted by Crippen LogP contribution is -2.09. The third-order valence-electron chi connectivity index (χ3n) is 1.90. The van der Waals surface area contributed by atoms with Crippen molar-refractivity contribution in [2.75, 3.05) is 13.2 Å². The van der Waals surface area contributed by atoms with Crippen molar-refractivity contribution in [3.05, 3.63) is 28.3 Å². The molecule has 0 aliphatic carbocycles. The summed E-state index contributed by atoms with van der Waals surface area (Å²) in [7, 11) is 0. The van der Waals surface area contributed by atoms with Gasteiger partial charge in [-0.15, -0.1) is 0 Å². The molecule has 0 fully saturated rings. The Labute approximate surface area is 92.0 Å². The molecular formula is C10H12ClF2NO. The molecule has 2 N–H and O–H groups in total. The van der Waals surface area contributed by atoms with Gasteiger partial charge < -0.3 is 10.5 Å². The molecule has 0 bridgehead atoms. The summed E-state index contributed by atoms with van der Waals surface area (Å²) in [4.78, 5) is 0. The highest BCUT2D eigenvalue weighted by molar-refractivity contribution is 6.32. The zero-order valence-electron chi connectivity index (χ0n) is 8.32. The van der Waals surface area contributed by atoms with Crippen LogP contribution in [0.2, 0.25) is 5.02 Å². The number of nitrogens with two attached hydrogens (primary N) is 1. The second-order valence-electron chi connectivity index (χ2n) is 2.93. The van der Waals surface area contributed by atoms with Crippen LogP contribution in [0.3, 0.4) is 0 Å². The quantitative estimate of drug-likeness (QED) is 0.814. The average Bonchev–Trinajstić information content (AvgIpc) is 2.20. The van der Waals surface area contributed by atoms with E-state index in [1.165, 1.54) is 0 Å². The summed E-state index contributed by atoms with van der Waals surface area (Å²) >= 11 is 5.75. The van der Waals surface area contributed by atoms with E-state index in [9.17, 15) is 8.78 Å². The minimum absolute atomic E-state index is 0.0687. The van der Waals surface area contributed by atoms with Crippen LogP contribution in [0.25, 0.3) is 0 Å². The zero-order valence-corrected chi connectivity index (χ0v) is 9.07. The van der Waals surface area contributed by atoms with E-state index in [2.05, 4.69) is 0 Å². The molecule has 1 aromatic rings. The van der Waals surface area contributed by atoms with Crippen molar-refractivity contribution in [2.45, 2.75) is 13.3 Å². The van der Waals surface area contributed by atoms with Crippen molar-refractivity contribution in [3.63, 3.8) is 0 Å². The first-order valence-corrected chi connectivity index (χ1v) is 4.98. The first kappa shape index (κ1) is 12.2. The van der Waals surface area contributed by atoms with E-state index in [0.29, 0.717) is 6.61 Å². The van der Waals surface area contributed by atoms with Crippen LogP contribution in [0.5, 0.6) is 5.75 Å². The summed E-state index contributed by atoms with van der Waals surface area (Å²) in [6.45, 7) is 2.28. The Kier molecular flexibility index (Phi) is 4.29. The predicted octanol–water partition coefficient (Wildman–Crippen LogP) is 2.52. The van der Waals surface area contributed by atoms with E-state index in [1.54, 1.807) is 6.92 Å². The summed E-state index contributed by atoms with van der Waals surface area (Å²) in [6, 6.07) is 0.905. The summed E-state index contributed by atoms with van der Waals surface area (Å²) in [5.74, 6) is -1.73. The molecule has 5 heteroatoms. The Morgan fingerprint density at radius 3 is 2.67 bits per heavy atom. The van der Waals surface area contributed by atoms with Gasteiger partial charge in [-0.25, -0.2) is 8.78 Å². The molecule has 0 unspecified atom stereocenters. The van der Waals surface area contributed by atoms with Crippen LogP contribution in [-0.2, 0) is 6.42 Å². The molecule has 0 aliphatic rings. The Bertz CT molecular complexity index is 358. The van der Waals surface area contributed by atoms with Gasteiger partial charge in [-0.1, -0.05) is 11.6 Å². The monoisotopic (exact) mass is 235 g/mol. The molecule has 0 amide bonds. The molecule has 0 radical (unpaired) electrons. The van der Waals surface area contributed by atoms with Gasteiger partial charge >= 0.3 is 0 Å². The molecule has 2 nitrogen and oxygen atoms in total. The van der Waals surface area contributed by atoms with Crippen LogP contribution in [-0.4, -0.2) is 13.2 Å². The Morgan fingerprint density at radius 1 is 1.47 bits per heavy atom. The average molecular weight is 236 g/mol. The van der Waals surface area contributed by atoms with E-state index in [-0.39, 0.29) is 29.3 Å². The molecule has 0 aliphatic heterocycles. The lowest BCUT2D eigenvalue weighted by atomic mass is 10.1. The van der Waals surface area contributed by atoms with Gasteiger partial charge in [0.25, 0.3) is 0 Å². The molecular weight excluding hydrogens is 224 g/mol. The Balaban J connectivity index is 3.26. The van der Waals surface area contributed by atoms with Crippen molar-refractivity contribution in [3.8, 4) is 5.75 Å². The summed E-state index contributed by atoms with van der Waals surface area (Å²) < 4.78 is 31.6. The van der Waals surface area contributed by atoms with Gasteiger partial charge in [0.1, 0.15) is 5.75 Å². The maximum Gasteiger partial charge on any atom is 0.165 e. The lowest BCUT2D eigenvalue weighted by Gasteiger charge is -2.12. The molecule has 15 heavy (non-hydrogen) atoms. The van der Waals surface area contributed by atoms with Gasteiger partial charge in [0.2, 0.25) is 0 Å². The van der Waals surface area contributed by atoms with Crippen molar-refractivity contribution < 1.29 is 13.5 Å². The van der Waals surface area contributed by atoms with Crippen LogP contribution < -0.4 is 10.5 Å². The second kappa shape index (κ2) is 5.28. The SMILES string of the molecule is CCOc1c(Cl)cc(F)c(F)c1CCN. The largest absolute Gasteiger partial charge is 0.492 e. The molecule has 0 spiro atoms. The highest BCUT2D eigenvalue weighted by atomic mass is 35.5. The fourth-order valence-corrected chi connectivity index (χ4v) is 1.56.